The van der Waals surface area contributed by atoms with Gasteiger partial charge in [0.2, 0.25) is 5.88 Å². The molecular weight excluding hydrogens is 420 g/mol. The number of para-hydroxylation sites is 1. The highest BCUT2D eigenvalue weighted by Gasteiger charge is 2.25. The van der Waals surface area contributed by atoms with Gasteiger partial charge in [0.15, 0.2) is 0 Å². The van der Waals surface area contributed by atoms with Crippen LogP contribution in [0.4, 0.5) is 0 Å². The van der Waals surface area contributed by atoms with Gasteiger partial charge in [0.05, 0.1) is 30.2 Å². The van der Waals surface area contributed by atoms with Gasteiger partial charge in [-0.3, -0.25) is 4.90 Å². The SMILES string of the molecule is C=C/C(=C\C=C(/C)SN1CCN(C(C)c2nc(OC(C)C)c3ccccc3n2)CC1)OC. The first-order valence-corrected chi connectivity index (χ1v) is 11.8. The number of ether oxygens (including phenoxy) is 2. The Morgan fingerprint density at radius 2 is 1.81 bits per heavy atom. The molecular formula is C25H34N4O2S. The second kappa shape index (κ2) is 11.5. The number of hydrogen-bond donors (Lipinski definition) is 0. The monoisotopic (exact) mass is 454 g/mol. The van der Waals surface area contributed by atoms with E-state index in [1.807, 2.05) is 44.2 Å². The number of rotatable bonds is 9. The highest BCUT2D eigenvalue weighted by Crippen LogP contribution is 2.29. The zero-order chi connectivity index (χ0) is 23.1. The van der Waals surface area contributed by atoms with Crippen LogP contribution in [0.5, 0.6) is 5.88 Å². The van der Waals surface area contributed by atoms with E-state index >= 15 is 0 Å². The van der Waals surface area contributed by atoms with Crippen LogP contribution in [0.2, 0.25) is 0 Å². The maximum absolute atomic E-state index is 6.02. The molecule has 1 aromatic carbocycles. The highest BCUT2D eigenvalue weighted by molar-refractivity contribution is 8.00. The molecule has 1 atom stereocenters. The molecule has 1 aliphatic heterocycles. The van der Waals surface area contributed by atoms with E-state index < -0.39 is 0 Å². The van der Waals surface area contributed by atoms with E-state index in [4.69, 9.17) is 19.4 Å². The Balaban J connectivity index is 1.66. The van der Waals surface area contributed by atoms with Crippen molar-refractivity contribution in [1.29, 1.82) is 0 Å². The van der Waals surface area contributed by atoms with Gasteiger partial charge in [-0.15, -0.1) is 0 Å². The highest BCUT2D eigenvalue weighted by atomic mass is 32.2. The third-order valence-corrected chi connectivity index (χ3v) is 6.37. The number of hydrogen-bond acceptors (Lipinski definition) is 7. The molecule has 7 heteroatoms. The lowest BCUT2D eigenvalue weighted by atomic mass is 10.2. The summed E-state index contributed by atoms with van der Waals surface area (Å²) >= 11 is 1.79. The van der Waals surface area contributed by atoms with Crippen LogP contribution in [-0.2, 0) is 4.74 Å². The second-order valence-electron chi connectivity index (χ2n) is 8.06. The van der Waals surface area contributed by atoms with Gasteiger partial charge in [0.1, 0.15) is 11.6 Å². The summed E-state index contributed by atoms with van der Waals surface area (Å²) in [6.45, 7) is 16.0. The molecule has 1 aliphatic rings. The van der Waals surface area contributed by atoms with Crippen LogP contribution in [-0.4, -0.2) is 58.6 Å². The Kier molecular flexibility index (Phi) is 8.73. The van der Waals surface area contributed by atoms with Crippen LogP contribution in [0.25, 0.3) is 10.9 Å². The lowest BCUT2D eigenvalue weighted by Crippen LogP contribution is -2.44. The van der Waals surface area contributed by atoms with Crippen molar-refractivity contribution >= 4 is 22.9 Å². The minimum Gasteiger partial charge on any atom is -0.497 e. The molecule has 0 aliphatic carbocycles. The molecule has 2 heterocycles. The smallest absolute Gasteiger partial charge is 0.225 e. The number of allylic oxidation sites excluding steroid dienone is 4. The van der Waals surface area contributed by atoms with E-state index in [1.165, 1.54) is 4.91 Å². The van der Waals surface area contributed by atoms with E-state index in [1.54, 1.807) is 25.1 Å². The molecule has 0 N–H and O–H groups in total. The van der Waals surface area contributed by atoms with Crippen molar-refractivity contribution < 1.29 is 9.47 Å². The maximum atomic E-state index is 6.02. The summed E-state index contributed by atoms with van der Waals surface area (Å²) in [5.41, 5.74) is 0.929. The van der Waals surface area contributed by atoms with Gasteiger partial charge < -0.3 is 9.47 Å². The molecule has 1 aromatic heterocycles. The summed E-state index contributed by atoms with van der Waals surface area (Å²) in [6, 6.07) is 8.18. The zero-order valence-electron chi connectivity index (χ0n) is 19.7. The van der Waals surface area contributed by atoms with Gasteiger partial charge in [-0.05, 0) is 74.9 Å². The fourth-order valence-corrected chi connectivity index (χ4v) is 4.45. The molecule has 172 valence electrons. The molecule has 0 saturated carbocycles. The molecule has 1 fully saturated rings. The van der Waals surface area contributed by atoms with Gasteiger partial charge in [0, 0.05) is 26.2 Å². The Morgan fingerprint density at radius 1 is 1.09 bits per heavy atom. The predicted molar refractivity (Wildman–Crippen MR) is 133 cm³/mol. The molecule has 1 unspecified atom stereocenters. The zero-order valence-corrected chi connectivity index (χ0v) is 20.6. The van der Waals surface area contributed by atoms with Crippen LogP contribution >= 0.6 is 11.9 Å². The minimum atomic E-state index is 0.0645. The largest absolute Gasteiger partial charge is 0.497 e. The molecule has 32 heavy (non-hydrogen) atoms. The maximum Gasteiger partial charge on any atom is 0.225 e. The summed E-state index contributed by atoms with van der Waals surface area (Å²) in [4.78, 5) is 13.3. The molecule has 0 spiro atoms. The van der Waals surface area contributed by atoms with E-state index in [0.717, 1.165) is 48.7 Å². The predicted octanol–water partition coefficient (Wildman–Crippen LogP) is 5.36. The van der Waals surface area contributed by atoms with E-state index in [2.05, 4.69) is 35.7 Å². The first kappa shape index (κ1) is 24.3. The summed E-state index contributed by atoms with van der Waals surface area (Å²) in [6.07, 6.45) is 5.79. The Morgan fingerprint density at radius 3 is 2.47 bits per heavy atom. The van der Waals surface area contributed by atoms with Crippen LogP contribution in [0, 0.1) is 0 Å². The van der Waals surface area contributed by atoms with Crippen LogP contribution in [0.15, 0.2) is 59.7 Å². The minimum absolute atomic E-state index is 0.0645. The van der Waals surface area contributed by atoms with Crippen molar-refractivity contribution in [1.82, 2.24) is 19.2 Å². The number of nitrogens with zero attached hydrogens (tertiary/aromatic N) is 4. The number of fused-ring (bicyclic) bond motifs is 1. The molecule has 0 amide bonds. The topological polar surface area (TPSA) is 50.7 Å². The van der Waals surface area contributed by atoms with Crippen molar-refractivity contribution in [2.45, 2.75) is 39.8 Å². The van der Waals surface area contributed by atoms with Crippen molar-refractivity contribution in [3.8, 4) is 5.88 Å². The van der Waals surface area contributed by atoms with Crippen molar-refractivity contribution in [3.63, 3.8) is 0 Å². The number of benzene rings is 1. The van der Waals surface area contributed by atoms with Gasteiger partial charge in [0.25, 0.3) is 0 Å². The van der Waals surface area contributed by atoms with Gasteiger partial charge in [-0.25, -0.2) is 9.29 Å². The average Bonchev–Trinajstić information content (AvgIpc) is 2.79. The van der Waals surface area contributed by atoms with Crippen molar-refractivity contribution in [2.24, 2.45) is 0 Å². The van der Waals surface area contributed by atoms with E-state index in [-0.39, 0.29) is 12.1 Å². The lowest BCUT2D eigenvalue weighted by Gasteiger charge is -2.36. The van der Waals surface area contributed by atoms with Crippen molar-refractivity contribution in [3.05, 3.63) is 65.6 Å². The summed E-state index contributed by atoms with van der Waals surface area (Å²) < 4.78 is 13.6. The van der Waals surface area contributed by atoms with Crippen molar-refractivity contribution in [2.75, 3.05) is 33.3 Å². The Labute approximate surface area is 196 Å². The number of aromatic nitrogens is 2. The normalized spacial score (nSPS) is 17.6. The van der Waals surface area contributed by atoms with Gasteiger partial charge >= 0.3 is 0 Å². The van der Waals surface area contributed by atoms with E-state index in [0.29, 0.717) is 5.88 Å². The van der Waals surface area contributed by atoms with Gasteiger partial charge in [-0.1, -0.05) is 18.7 Å². The summed E-state index contributed by atoms with van der Waals surface area (Å²) in [7, 11) is 1.65. The lowest BCUT2D eigenvalue weighted by molar-refractivity contribution is 0.145. The molecule has 6 nitrogen and oxygen atoms in total. The second-order valence-corrected chi connectivity index (χ2v) is 9.40. The molecule has 0 bridgehead atoms. The Hall–Kier alpha value is -2.35. The van der Waals surface area contributed by atoms with Crippen LogP contribution < -0.4 is 4.74 Å². The summed E-state index contributed by atoms with van der Waals surface area (Å²) in [5.74, 6) is 2.25. The van der Waals surface area contributed by atoms with Crippen LogP contribution in [0.1, 0.15) is 39.6 Å². The molecule has 3 rings (SSSR count). The first-order valence-electron chi connectivity index (χ1n) is 11.1. The number of methoxy groups -OCH3 is 1. The fraction of sp³-hybridized carbons (Fsp3) is 0.440. The van der Waals surface area contributed by atoms with Gasteiger partial charge in [-0.2, -0.15) is 4.98 Å². The third-order valence-electron chi connectivity index (χ3n) is 5.32. The number of piperazine rings is 1. The third kappa shape index (κ3) is 6.34. The van der Waals surface area contributed by atoms with E-state index in [9.17, 15) is 0 Å². The molecule has 2 aromatic rings. The first-order chi connectivity index (χ1) is 15.4. The fourth-order valence-electron chi connectivity index (χ4n) is 3.56. The van der Waals surface area contributed by atoms with Crippen LogP contribution in [0.3, 0.4) is 0 Å². The molecule has 0 radical (unpaired) electrons. The summed E-state index contributed by atoms with van der Waals surface area (Å²) in [5, 5.41) is 0.961. The Bertz CT molecular complexity index is 981. The standard InChI is InChI=1S/C25H34N4O2S/c1-7-21(30-6)13-12-19(4)32-29-16-14-28(15-17-29)20(5)24-26-23-11-9-8-10-22(23)25(27-24)31-18(2)3/h7-13,18,20H,1,14-17H2,2-6H3/b19-12+,21-13+. The molecule has 1 saturated heterocycles. The quantitative estimate of drug-likeness (QED) is 0.287. The average molecular weight is 455 g/mol.